The van der Waals surface area contributed by atoms with E-state index in [2.05, 4.69) is 39.3 Å². The van der Waals surface area contributed by atoms with Crippen LogP contribution in [0.4, 0.5) is 0 Å². The Hall–Kier alpha value is -2.41. The molecular weight excluding hydrogens is 274 g/mol. The highest BCUT2D eigenvalue weighted by atomic mass is 16.1. The van der Waals surface area contributed by atoms with Gasteiger partial charge in [-0.25, -0.2) is 0 Å². The van der Waals surface area contributed by atoms with E-state index in [1.54, 1.807) is 0 Å². The minimum Gasteiger partial charge on any atom is -0.361 e. The molecule has 0 saturated carbocycles. The summed E-state index contributed by atoms with van der Waals surface area (Å²) < 4.78 is 0. The molecule has 2 aromatic rings. The van der Waals surface area contributed by atoms with E-state index in [1.807, 2.05) is 12.3 Å². The number of ketones is 1. The Labute approximate surface area is 130 Å². The van der Waals surface area contributed by atoms with Gasteiger partial charge in [0.25, 0.3) is 0 Å². The summed E-state index contributed by atoms with van der Waals surface area (Å²) in [5, 5.41) is 9.32. The van der Waals surface area contributed by atoms with Crippen molar-refractivity contribution >= 4 is 16.7 Å². The summed E-state index contributed by atoms with van der Waals surface area (Å²) in [7, 11) is 0. The number of terminal acetylenes is 1. The van der Waals surface area contributed by atoms with Crippen LogP contribution in [-0.2, 0) is 11.2 Å². The predicted molar refractivity (Wildman–Crippen MR) is 86.5 cm³/mol. The number of rotatable bonds is 8. The smallest absolute Gasteiger partial charge is 0.192 e. The first kappa shape index (κ1) is 14.5. The fourth-order valence-corrected chi connectivity index (χ4v) is 2.67. The maximum atomic E-state index is 12.0. The summed E-state index contributed by atoms with van der Waals surface area (Å²) in [6.45, 7) is 0. The SMILES string of the molecule is C#CCCC1(CCC(=O)CCc2ccc3[nH]ccc3c2)N=N1. The van der Waals surface area contributed by atoms with Gasteiger partial charge in [0.15, 0.2) is 5.66 Å². The van der Waals surface area contributed by atoms with Crippen LogP contribution in [0, 0.1) is 12.3 Å². The molecule has 0 spiro atoms. The fourth-order valence-electron chi connectivity index (χ4n) is 2.67. The van der Waals surface area contributed by atoms with Gasteiger partial charge in [0.2, 0.25) is 0 Å². The lowest BCUT2D eigenvalue weighted by atomic mass is 9.98. The zero-order valence-electron chi connectivity index (χ0n) is 12.5. The van der Waals surface area contributed by atoms with E-state index in [1.165, 1.54) is 10.9 Å². The van der Waals surface area contributed by atoms with Crippen LogP contribution in [0.15, 0.2) is 40.7 Å². The number of hydrogen-bond donors (Lipinski definition) is 1. The molecule has 0 atom stereocenters. The lowest BCUT2D eigenvalue weighted by molar-refractivity contribution is -0.119. The molecule has 0 amide bonds. The lowest BCUT2D eigenvalue weighted by Gasteiger charge is -2.08. The van der Waals surface area contributed by atoms with Crippen LogP contribution in [0.5, 0.6) is 0 Å². The number of benzene rings is 1. The van der Waals surface area contributed by atoms with Crippen molar-refractivity contribution in [1.29, 1.82) is 0 Å². The third-order valence-corrected chi connectivity index (χ3v) is 4.17. The number of aryl methyl sites for hydroxylation is 1. The average molecular weight is 293 g/mol. The Balaban J connectivity index is 1.45. The molecule has 1 aromatic carbocycles. The molecular formula is C18H19N3O. The van der Waals surface area contributed by atoms with Crippen LogP contribution >= 0.6 is 0 Å². The predicted octanol–water partition coefficient (Wildman–Crippen LogP) is 4.03. The maximum absolute atomic E-state index is 12.0. The van der Waals surface area contributed by atoms with Crippen molar-refractivity contribution in [1.82, 2.24) is 4.98 Å². The molecule has 0 fully saturated rings. The second kappa shape index (κ2) is 6.15. The molecule has 4 nitrogen and oxygen atoms in total. The van der Waals surface area contributed by atoms with E-state index in [9.17, 15) is 4.79 Å². The van der Waals surface area contributed by atoms with Crippen LogP contribution in [0.25, 0.3) is 10.9 Å². The summed E-state index contributed by atoms with van der Waals surface area (Å²) >= 11 is 0. The molecule has 1 N–H and O–H groups in total. The molecule has 0 aliphatic carbocycles. The highest BCUT2D eigenvalue weighted by Crippen LogP contribution is 2.37. The summed E-state index contributed by atoms with van der Waals surface area (Å²) in [5.41, 5.74) is 1.98. The Morgan fingerprint density at radius 3 is 2.86 bits per heavy atom. The number of Topliss-reactive ketones (excluding diaryl/α,β-unsaturated/α-hetero) is 1. The zero-order chi connectivity index (χ0) is 15.4. The van der Waals surface area contributed by atoms with Gasteiger partial charge in [-0.1, -0.05) is 6.07 Å². The fraction of sp³-hybridized carbons (Fsp3) is 0.389. The van der Waals surface area contributed by atoms with Gasteiger partial charge in [-0.2, -0.15) is 10.2 Å². The number of aromatic amines is 1. The number of nitrogens with one attached hydrogen (secondary N) is 1. The van der Waals surface area contributed by atoms with Crippen LogP contribution in [0.2, 0.25) is 0 Å². The number of fused-ring (bicyclic) bond motifs is 1. The summed E-state index contributed by atoms with van der Waals surface area (Å²) in [6.07, 6.45) is 11.2. The van der Waals surface area contributed by atoms with Crippen molar-refractivity contribution in [3.8, 4) is 12.3 Å². The van der Waals surface area contributed by atoms with E-state index in [0.717, 1.165) is 18.4 Å². The third kappa shape index (κ3) is 3.43. The minimum atomic E-state index is -0.341. The molecule has 1 aliphatic rings. The van der Waals surface area contributed by atoms with E-state index in [0.29, 0.717) is 25.7 Å². The van der Waals surface area contributed by atoms with Crippen molar-refractivity contribution in [2.75, 3.05) is 0 Å². The van der Waals surface area contributed by atoms with E-state index in [4.69, 9.17) is 6.42 Å². The zero-order valence-corrected chi connectivity index (χ0v) is 12.5. The first-order chi connectivity index (χ1) is 10.7. The maximum Gasteiger partial charge on any atom is 0.192 e. The monoisotopic (exact) mass is 293 g/mol. The number of carbonyl (C=O) groups excluding carboxylic acids is 1. The van der Waals surface area contributed by atoms with Gasteiger partial charge in [-0.3, -0.25) is 4.79 Å². The van der Waals surface area contributed by atoms with Crippen LogP contribution in [0.1, 0.15) is 37.7 Å². The van der Waals surface area contributed by atoms with E-state index < -0.39 is 0 Å². The van der Waals surface area contributed by atoms with Crippen molar-refractivity contribution < 1.29 is 4.79 Å². The van der Waals surface area contributed by atoms with Gasteiger partial charge in [-0.05, 0) is 35.6 Å². The molecule has 0 radical (unpaired) electrons. The molecule has 112 valence electrons. The summed E-state index contributed by atoms with van der Waals surface area (Å²) in [6, 6.07) is 8.32. The van der Waals surface area contributed by atoms with Gasteiger partial charge in [0.05, 0.1) is 0 Å². The van der Waals surface area contributed by atoms with Crippen molar-refractivity contribution in [3.05, 3.63) is 36.0 Å². The normalized spacial score (nSPS) is 14.9. The van der Waals surface area contributed by atoms with Crippen molar-refractivity contribution in [2.45, 2.75) is 44.2 Å². The molecule has 0 unspecified atom stereocenters. The first-order valence-electron chi connectivity index (χ1n) is 7.66. The molecule has 1 aliphatic heterocycles. The van der Waals surface area contributed by atoms with Gasteiger partial charge in [-0.15, -0.1) is 12.3 Å². The van der Waals surface area contributed by atoms with Crippen molar-refractivity contribution in [2.24, 2.45) is 10.2 Å². The third-order valence-electron chi connectivity index (χ3n) is 4.17. The molecule has 4 heteroatoms. The van der Waals surface area contributed by atoms with Gasteiger partial charge in [0.1, 0.15) is 5.78 Å². The number of H-pyrrole nitrogens is 1. The second-order valence-electron chi connectivity index (χ2n) is 5.82. The summed E-state index contributed by atoms with van der Waals surface area (Å²) in [5.74, 6) is 2.87. The number of carbonyl (C=O) groups is 1. The highest BCUT2D eigenvalue weighted by molar-refractivity contribution is 5.81. The Morgan fingerprint density at radius 1 is 1.23 bits per heavy atom. The van der Waals surface area contributed by atoms with Crippen LogP contribution < -0.4 is 0 Å². The lowest BCUT2D eigenvalue weighted by Crippen LogP contribution is -2.13. The van der Waals surface area contributed by atoms with Gasteiger partial charge >= 0.3 is 0 Å². The molecule has 1 aromatic heterocycles. The van der Waals surface area contributed by atoms with Crippen LogP contribution in [0.3, 0.4) is 0 Å². The van der Waals surface area contributed by atoms with Gasteiger partial charge < -0.3 is 4.98 Å². The minimum absolute atomic E-state index is 0.270. The molecule has 22 heavy (non-hydrogen) atoms. The topological polar surface area (TPSA) is 57.6 Å². The molecule has 2 heterocycles. The average Bonchev–Trinajstić information content (AvgIpc) is 3.16. The highest BCUT2D eigenvalue weighted by Gasteiger charge is 2.39. The second-order valence-corrected chi connectivity index (χ2v) is 5.82. The van der Waals surface area contributed by atoms with Crippen molar-refractivity contribution in [3.63, 3.8) is 0 Å². The number of hydrogen-bond acceptors (Lipinski definition) is 3. The van der Waals surface area contributed by atoms with Gasteiger partial charge in [0, 0.05) is 43.8 Å². The van der Waals surface area contributed by atoms with Crippen LogP contribution in [-0.4, -0.2) is 16.4 Å². The Morgan fingerprint density at radius 2 is 2.09 bits per heavy atom. The quantitative estimate of drug-likeness (QED) is 0.734. The Kier molecular flexibility index (Phi) is 4.06. The largest absolute Gasteiger partial charge is 0.361 e. The van der Waals surface area contributed by atoms with E-state index in [-0.39, 0.29) is 11.4 Å². The molecule has 0 bridgehead atoms. The Bertz CT molecular complexity index is 745. The molecule has 0 saturated heterocycles. The molecule has 3 rings (SSSR count). The number of aromatic nitrogens is 1. The number of nitrogens with zero attached hydrogens (tertiary/aromatic N) is 2. The summed E-state index contributed by atoms with van der Waals surface area (Å²) in [4.78, 5) is 15.2. The standard InChI is InChI=1S/C18H19N3O/c1-2-3-10-18(20-21-18)11-8-16(22)6-4-14-5-7-17-15(13-14)9-12-19-17/h1,5,7,9,12-13,19H,3-4,6,8,10-11H2. The van der Waals surface area contributed by atoms with E-state index >= 15 is 0 Å². The first-order valence-corrected chi connectivity index (χ1v) is 7.66.